The number of nitrogens with zero attached hydrogens (tertiary/aromatic N) is 4. The molecule has 0 spiro atoms. The zero-order chi connectivity index (χ0) is 14.1. The minimum absolute atomic E-state index is 0.857. The Morgan fingerprint density at radius 3 is 2.52 bits per heavy atom. The van der Waals surface area contributed by atoms with Crippen molar-refractivity contribution in [2.24, 2.45) is 0 Å². The molecule has 0 saturated carbocycles. The van der Waals surface area contributed by atoms with E-state index in [1.165, 1.54) is 0 Å². The van der Waals surface area contributed by atoms with Gasteiger partial charge in [0.25, 0.3) is 0 Å². The molecule has 0 aliphatic carbocycles. The van der Waals surface area contributed by atoms with E-state index in [2.05, 4.69) is 49.9 Å². The molecule has 1 aliphatic heterocycles. The number of fused-ring (bicyclic) bond motifs is 1. The lowest BCUT2D eigenvalue weighted by atomic mass is 10.1. The van der Waals surface area contributed by atoms with Crippen LogP contribution < -0.4 is 4.90 Å². The predicted molar refractivity (Wildman–Crippen MR) is 82.9 cm³/mol. The highest BCUT2D eigenvalue weighted by molar-refractivity contribution is 5.99. The second-order valence-corrected chi connectivity index (χ2v) is 5.24. The fourth-order valence-electron chi connectivity index (χ4n) is 2.87. The number of benzene rings is 1. The molecule has 1 aliphatic rings. The minimum Gasteiger partial charge on any atom is -0.355 e. The van der Waals surface area contributed by atoms with E-state index in [0.717, 1.165) is 53.9 Å². The Balaban J connectivity index is 1.89. The Morgan fingerprint density at radius 2 is 1.76 bits per heavy atom. The third kappa shape index (κ3) is 2.14. The van der Waals surface area contributed by atoms with Gasteiger partial charge in [-0.15, -0.1) is 10.2 Å². The number of aromatic nitrogens is 4. The van der Waals surface area contributed by atoms with Crippen molar-refractivity contribution < 1.29 is 0 Å². The quantitative estimate of drug-likeness (QED) is 0.783. The molecule has 0 bridgehead atoms. The van der Waals surface area contributed by atoms with E-state index in [4.69, 9.17) is 0 Å². The Hall–Kier alpha value is -2.43. The van der Waals surface area contributed by atoms with Gasteiger partial charge < -0.3 is 4.90 Å². The zero-order valence-electron chi connectivity index (χ0n) is 11.7. The number of rotatable bonds is 2. The summed E-state index contributed by atoms with van der Waals surface area (Å²) >= 11 is 0. The Bertz CT molecular complexity index is 744. The summed E-state index contributed by atoms with van der Waals surface area (Å²) in [6.45, 7) is 2.03. The highest BCUT2D eigenvalue weighted by atomic mass is 15.3. The fourth-order valence-corrected chi connectivity index (χ4v) is 2.87. The van der Waals surface area contributed by atoms with E-state index >= 15 is 0 Å². The maximum atomic E-state index is 4.50. The van der Waals surface area contributed by atoms with E-state index in [0.29, 0.717) is 0 Å². The topological polar surface area (TPSA) is 57.7 Å². The van der Waals surface area contributed by atoms with Crippen LogP contribution in [0.4, 0.5) is 5.82 Å². The number of hydrogen-bond acceptors (Lipinski definition) is 4. The Labute approximate surface area is 123 Å². The zero-order valence-corrected chi connectivity index (χ0v) is 11.7. The molecule has 1 saturated heterocycles. The molecule has 1 aromatic carbocycles. The van der Waals surface area contributed by atoms with E-state index in [9.17, 15) is 0 Å². The highest BCUT2D eigenvalue weighted by Crippen LogP contribution is 2.31. The van der Waals surface area contributed by atoms with E-state index in [1.807, 2.05) is 12.1 Å². The summed E-state index contributed by atoms with van der Waals surface area (Å²) in [4.78, 5) is 2.33. The van der Waals surface area contributed by atoms with E-state index in [1.54, 1.807) is 6.20 Å². The molecule has 0 unspecified atom stereocenters. The molecule has 5 nitrogen and oxygen atoms in total. The van der Waals surface area contributed by atoms with Crippen molar-refractivity contribution in [1.82, 2.24) is 20.4 Å². The summed E-state index contributed by atoms with van der Waals surface area (Å²) in [5.41, 5.74) is 1.76. The molecular formula is C16H16N5. The van der Waals surface area contributed by atoms with Gasteiger partial charge in [-0.2, -0.15) is 5.10 Å². The molecule has 1 fully saturated rings. The maximum Gasteiger partial charge on any atom is 0.159 e. The monoisotopic (exact) mass is 278 g/mol. The van der Waals surface area contributed by atoms with Crippen molar-refractivity contribution in [3.05, 3.63) is 42.9 Å². The summed E-state index contributed by atoms with van der Waals surface area (Å²) in [7, 11) is 0. The van der Waals surface area contributed by atoms with Crippen LogP contribution in [-0.4, -0.2) is 33.5 Å². The van der Waals surface area contributed by atoms with Crippen LogP contribution in [0.25, 0.3) is 22.2 Å². The van der Waals surface area contributed by atoms with Crippen LogP contribution in [0.1, 0.15) is 12.8 Å². The summed E-state index contributed by atoms with van der Waals surface area (Å²) in [5.74, 6) is 0.988. The molecule has 2 aromatic heterocycles. The summed E-state index contributed by atoms with van der Waals surface area (Å²) in [6, 6.07) is 10.2. The normalized spacial score (nSPS) is 15.5. The van der Waals surface area contributed by atoms with Gasteiger partial charge in [-0.05, 0) is 25.3 Å². The lowest BCUT2D eigenvalue weighted by Gasteiger charge is -2.28. The van der Waals surface area contributed by atoms with Crippen molar-refractivity contribution in [3.8, 4) is 11.4 Å². The van der Waals surface area contributed by atoms with Crippen LogP contribution in [0.2, 0.25) is 0 Å². The second-order valence-electron chi connectivity index (χ2n) is 5.24. The molecule has 5 heteroatoms. The van der Waals surface area contributed by atoms with Crippen molar-refractivity contribution in [2.75, 3.05) is 18.0 Å². The van der Waals surface area contributed by atoms with Crippen LogP contribution >= 0.6 is 0 Å². The van der Waals surface area contributed by atoms with Gasteiger partial charge in [0.2, 0.25) is 0 Å². The van der Waals surface area contributed by atoms with Gasteiger partial charge in [-0.3, -0.25) is 5.10 Å². The number of piperidine rings is 1. The average Bonchev–Trinajstić information content (AvgIpc) is 3.09. The number of hydrogen-bond donors (Lipinski definition) is 1. The molecule has 1 radical (unpaired) electrons. The van der Waals surface area contributed by atoms with Crippen LogP contribution in [-0.2, 0) is 0 Å². The Morgan fingerprint density at radius 1 is 0.952 bits per heavy atom. The van der Waals surface area contributed by atoms with Gasteiger partial charge in [0.15, 0.2) is 5.82 Å². The maximum absolute atomic E-state index is 4.50. The molecule has 1 N–H and O–H groups in total. The average molecular weight is 278 g/mol. The number of H-pyrrole nitrogens is 1. The third-order valence-corrected chi connectivity index (χ3v) is 3.93. The lowest BCUT2D eigenvalue weighted by molar-refractivity contribution is 0.669. The second kappa shape index (κ2) is 5.16. The largest absolute Gasteiger partial charge is 0.355 e. The predicted octanol–water partition coefficient (Wildman–Crippen LogP) is 2.82. The molecular weight excluding hydrogens is 262 g/mol. The van der Waals surface area contributed by atoms with Gasteiger partial charge in [-0.1, -0.05) is 24.3 Å². The Kier molecular flexibility index (Phi) is 3.03. The molecule has 105 valence electrons. The smallest absolute Gasteiger partial charge is 0.159 e. The van der Waals surface area contributed by atoms with Gasteiger partial charge in [-0.25, -0.2) is 0 Å². The minimum atomic E-state index is 0.857. The van der Waals surface area contributed by atoms with Crippen LogP contribution in [0.3, 0.4) is 0 Å². The third-order valence-electron chi connectivity index (χ3n) is 3.93. The molecule has 3 aromatic rings. The first-order valence-electron chi connectivity index (χ1n) is 7.25. The van der Waals surface area contributed by atoms with Crippen LogP contribution in [0.15, 0.2) is 36.5 Å². The van der Waals surface area contributed by atoms with Crippen LogP contribution in [0, 0.1) is 6.42 Å². The summed E-state index contributed by atoms with van der Waals surface area (Å²) in [6.07, 6.45) is 6.29. The van der Waals surface area contributed by atoms with Crippen molar-refractivity contribution >= 4 is 16.6 Å². The van der Waals surface area contributed by atoms with Crippen LogP contribution in [0.5, 0.6) is 0 Å². The first-order chi connectivity index (χ1) is 10.4. The molecule has 3 heterocycles. The van der Waals surface area contributed by atoms with Gasteiger partial charge in [0.1, 0.15) is 5.69 Å². The van der Waals surface area contributed by atoms with E-state index in [-0.39, 0.29) is 0 Å². The summed E-state index contributed by atoms with van der Waals surface area (Å²) < 4.78 is 0. The summed E-state index contributed by atoms with van der Waals surface area (Å²) in [5, 5.41) is 18.2. The number of aromatic amines is 1. The van der Waals surface area contributed by atoms with Gasteiger partial charge in [0.05, 0.1) is 5.69 Å². The van der Waals surface area contributed by atoms with E-state index < -0.39 is 0 Å². The first-order valence-corrected chi connectivity index (χ1v) is 7.25. The highest BCUT2D eigenvalue weighted by Gasteiger charge is 2.18. The first kappa shape index (κ1) is 12.3. The van der Waals surface area contributed by atoms with Crippen molar-refractivity contribution in [3.63, 3.8) is 0 Å². The van der Waals surface area contributed by atoms with Crippen molar-refractivity contribution in [2.45, 2.75) is 12.8 Å². The number of anilines is 1. The van der Waals surface area contributed by atoms with Gasteiger partial charge >= 0.3 is 0 Å². The lowest BCUT2D eigenvalue weighted by Crippen LogP contribution is -2.30. The standard InChI is InChI=1S/C16H16N5/c1-4-10-21(11-5-1)16-13-7-3-2-6-12(13)15(19-20-16)14-8-9-17-18-14/h1-3,6-9H,4-5,10-11H2,(H,17,18). The molecule has 0 amide bonds. The molecule has 4 rings (SSSR count). The SMILES string of the molecule is [CH]1CCN(c2nnc(-c3ccn[nH]3)c3ccccc23)CC1. The van der Waals surface area contributed by atoms with Crippen molar-refractivity contribution in [1.29, 1.82) is 0 Å². The molecule has 21 heavy (non-hydrogen) atoms. The van der Waals surface area contributed by atoms with Gasteiger partial charge in [0, 0.05) is 30.1 Å². The molecule has 0 atom stereocenters. The number of nitrogens with one attached hydrogen (secondary N) is 1. The fraction of sp³-hybridized carbons (Fsp3) is 0.250.